The second kappa shape index (κ2) is 10.2. The minimum Gasteiger partial charge on any atom is -0.481 e. The molecule has 1 aliphatic rings. The van der Waals surface area contributed by atoms with E-state index in [4.69, 9.17) is 17.4 Å². The Balaban J connectivity index is 0.000000220. The van der Waals surface area contributed by atoms with E-state index < -0.39 is 10.6 Å². The monoisotopic (exact) mass is 336 g/mol. The number of rotatable bonds is 3. The van der Waals surface area contributed by atoms with Gasteiger partial charge in [-0.15, -0.1) is 12.6 Å². The molecule has 0 bridgehead atoms. The maximum absolute atomic E-state index is 11.6. The van der Waals surface area contributed by atoms with Crippen molar-refractivity contribution in [1.82, 2.24) is 9.97 Å². The number of carbonyl (C=O) groups is 1. The van der Waals surface area contributed by atoms with Gasteiger partial charge in [0.05, 0.1) is 7.11 Å². The maximum Gasteiger partial charge on any atom is 0.425 e. The zero-order valence-electron chi connectivity index (χ0n) is 12.5. The van der Waals surface area contributed by atoms with Crippen LogP contribution in [-0.4, -0.2) is 35.5 Å². The fourth-order valence-corrected chi connectivity index (χ4v) is 1.57. The molecule has 2 aromatic heterocycles. The molecule has 0 spiro atoms. The molecule has 23 heavy (non-hydrogen) atoms. The van der Waals surface area contributed by atoms with Crippen molar-refractivity contribution in [3.05, 3.63) is 54.5 Å². The fraction of sp³-hybridized carbons (Fsp3) is 0.267. The van der Waals surface area contributed by atoms with Gasteiger partial charge in [0.25, 0.3) is 0 Å². The fourth-order valence-electron chi connectivity index (χ4n) is 1.57. The zero-order chi connectivity index (χ0) is 17.1. The number of nitrogens with zero attached hydrogens (tertiary/aromatic N) is 2. The summed E-state index contributed by atoms with van der Waals surface area (Å²) < 4.78 is 30.3. The van der Waals surface area contributed by atoms with Crippen LogP contribution in [0, 0.1) is 5.92 Å². The highest BCUT2D eigenvalue weighted by Gasteiger charge is 2.30. The third kappa shape index (κ3) is 8.42. The Hall–Kier alpha value is -2.61. The van der Waals surface area contributed by atoms with Gasteiger partial charge < -0.3 is 4.74 Å². The Labute approximate surface area is 135 Å². The van der Waals surface area contributed by atoms with E-state index >= 15 is 0 Å². The van der Waals surface area contributed by atoms with Gasteiger partial charge in [-0.1, -0.05) is 6.07 Å². The highest BCUT2D eigenvalue weighted by Crippen LogP contribution is 2.32. The minimum atomic E-state index is -3.11. The molecule has 0 unspecified atom stereocenters. The van der Waals surface area contributed by atoms with Gasteiger partial charge in [0.1, 0.15) is 0 Å². The second-order valence-corrected chi connectivity index (χ2v) is 4.86. The number of ketones is 1. The summed E-state index contributed by atoms with van der Waals surface area (Å²) in [4.78, 5) is 19.3. The van der Waals surface area contributed by atoms with Gasteiger partial charge in [0.2, 0.25) is 5.88 Å². The maximum atomic E-state index is 11.6. The van der Waals surface area contributed by atoms with Gasteiger partial charge in [0.15, 0.2) is 5.78 Å². The molecule has 1 fully saturated rings. The Morgan fingerprint density at radius 1 is 1.13 bits per heavy atom. The first-order valence-electron chi connectivity index (χ1n) is 6.70. The number of methoxy groups -OCH3 is 1. The van der Waals surface area contributed by atoms with Crippen LogP contribution in [0.1, 0.15) is 23.2 Å². The van der Waals surface area contributed by atoms with Crippen LogP contribution in [0.2, 0.25) is 0 Å². The number of hydrogen-bond donors (Lipinski definition) is 0. The topological polar surface area (TPSA) is 103 Å². The van der Waals surface area contributed by atoms with Gasteiger partial charge in [-0.2, -0.15) is 0 Å². The largest absolute Gasteiger partial charge is 0.481 e. The quantitative estimate of drug-likeness (QED) is 0.787. The van der Waals surface area contributed by atoms with Gasteiger partial charge in [-0.05, 0) is 31.0 Å². The van der Waals surface area contributed by atoms with E-state index in [1.165, 1.54) is 0 Å². The first-order chi connectivity index (χ1) is 11.0. The molecule has 2 aromatic rings. The van der Waals surface area contributed by atoms with Crippen molar-refractivity contribution in [3.63, 3.8) is 0 Å². The first kappa shape index (κ1) is 18.4. The molecule has 1 aliphatic carbocycles. The summed E-state index contributed by atoms with van der Waals surface area (Å²) in [5.74, 6) is 0.985. The van der Waals surface area contributed by atoms with Crippen molar-refractivity contribution >= 4 is 16.4 Å². The number of aromatic nitrogens is 2. The lowest BCUT2D eigenvalue weighted by Crippen LogP contribution is -2.01. The number of Topliss-reactive ketones (excluding diaryl/α,β-unsaturated/α-hetero) is 1. The zero-order valence-corrected chi connectivity index (χ0v) is 13.3. The van der Waals surface area contributed by atoms with Gasteiger partial charge in [-0.25, -0.2) is 4.98 Å². The van der Waals surface area contributed by atoms with Crippen molar-refractivity contribution < 1.29 is 22.2 Å². The van der Waals surface area contributed by atoms with Crippen LogP contribution in [0.3, 0.4) is 0 Å². The van der Waals surface area contributed by atoms with Crippen LogP contribution in [0.15, 0.2) is 48.9 Å². The van der Waals surface area contributed by atoms with E-state index in [-0.39, 0.29) is 11.7 Å². The Morgan fingerprint density at radius 3 is 2.13 bits per heavy atom. The summed E-state index contributed by atoms with van der Waals surface area (Å²) in [6, 6.07) is 9.15. The number of carbonyl (C=O) groups excluding carboxylic acids is 1. The summed E-state index contributed by atoms with van der Waals surface area (Å²) >= 11 is 0. The predicted octanol–water partition coefficient (Wildman–Crippen LogP) is 1.76. The van der Waals surface area contributed by atoms with E-state index in [9.17, 15) is 4.79 Å². The SMILES string of the molecule is COc1cc(C(=O)C2CC2)ccn1.O=S(=O)=O.c1ccncc1. The van der Waals surface area contributed by atoms with Crippen LogP contribution in [0.4, 0.5) is 0 Å². The molecule has 1 saturated carbocycles. The van der Waals surface area contributed by atoms with Crippen molar-refractivity contribution in [2.45, 2.75) is 12.8 Å². The molecule has 0 radical (unpaired) electrons. The van der Waals surface area contributed by atoms with Crippen LogP contribution < -0.4 is 4.74 Å². The Bertz CT molecular complexity index is 682. The average Bonchev–Trinajstić information content (AvgIpc) is 3.41. The molecule has 2 heterocycles. The molecule has 0 aromatic carbocycles. The van der Waals surface area contributed by atoms with E-state index in [0.29, 0.717) is 11.4 Å². The van der Waals surface area contributed by atoms with Crippen LogP contribution >= 0.6 is 0 Å². The normalized spacial score (nSPS) is 11.9. The highest BCUT2D eigenvalue weighted by atomic mass is 32.2. The molecular weight excluding hydrogens is 320 g/mol. The molecule has 7 nitrogen and oxygen atoms in total. The highest BCUT2D eigenvalue weighted by molar-refractivity contribution is 7.59. The standard InChI is InChI=1S/C10H11NO2.C5H5N.O3S/c1-13-9-6-8(4-5-11-9)10(12)7-2-3-7;1-2-4-6-5-3-1;1-4(2)3/h4-7H,2-3H2,1H3;1-5H;. The lowest BCUT2D eigenvalue weighted by Gasteiger charge is -2.00. The van der Waals surface area contributed by atoms with Crippen LogP contribution in [-0.2, 0) is 10.6 Å². The van der Waals surface area contributed by atoms with E-state index in [1.807, 2.05) is 18.2 Å². The van der Waals surface area contributed by atoms with Crippen molar-refractivity contribution in [2.75, 3.05) is 7.11 Å². The van der Waals surface area contributed by atoms with Crippen molar-refractivity contribution in [2.24, 2.45) is 5.92 Å². The molecule has 3 rings (SSSR count). The van der Waals surface area contributed by atoms with Crippen molar-refractivity contribution in [3.8, 4) is 5.88 Å². The Kier molecular flexibility index (Phi) is 8.16. The smallest absolute Gasteiger partial charge is 0.425 e. The molecule has 0 atom stereocenters. The van der Waals surface area contributed by atoms with Gasteiger partial charge in [0, 0.05) is 36.1 Å². The van der Waals surface area contributed by atoms with Crippen molar-refractivity contribution in [1.29, 1.82) is 0 Å². The molecule has 0 amide bonds. The summed E-state index contributed by atoms with van der Waals surface area (Å²) in [6.45, 7) is 0. The van der Waals surface area contributed by atoms with E-state index in [2.05, 4.69) is 9.97 Å². The summed E-state index contributed by atoms with van der Waals surface area (Å²) in [5, 5.41) is 0. The third-order valence-corrected chi connectivity index (χ3v) is 2.74. The minimum absolute atomic E-state index is 0.223. The summed E-state index contributed by atoms with van der Waals surface area (Å²) in [6.07, 6.45) is 7.17. The molecular formula is C15H16N2O5S. The predicted molar refractivity (Wildman–Crippen MR) is 81.8 cm³/mol. The number of ether oxygens (including phenoxy) is 1. The van der Waals surface area contributed by atoms with Crippen LogP contribution in [0.5, 0.6) is 5.88 Å². The summed E-state index contributed by atoms with van der Waals surface area (Å²) in [7, 11) is -1.56. The van der Waals surface area contributed by atoms with Crippen LogP contribution in [0.25, 0.3) is 0 Å². The number of hydrogen-bond acceptors (Lipinski definition) is 7. The second-order valence-electron chi connectivity index (χ2n) is 4.45. The van der Waals surface area contributed by atoms with Gasteiger partial charge in [-0.3, -0.25) is 9.78 Å². The molecule has 0 aliphatic heterocycles. The first-order valence-corrected chi connectivity index (χ1v) is 7.70. The average molecular weight is 336 g/mol. The molecule has 0 saturated heterocycles. The Morgan fingerprint density at radius 2 is 1.74 bits per heavy atom. The number of pyridine rings is 2. The lowest BCUT2D eigenvalue weighted by molar-refractivity contribution is 0.0967. The third-order valence-electron chi connectivity index (χ3n) is 2.74. The summed E-state index contributed by atoms with van der Waals surface area (Å²) in [5.41, 5.74) is 0.717. The lowest BCUT2D eigenvalue weighted by atomic mass is 10.1. The van der Waals surface area contributed by atoms with Gasteiger partial charge >= 0.3 is 10.6 Å². The van der Waals surface area contributed by atoms with E-state index in [0.717, 1.165) is 12.8 Å². The molecule has 8 heteroatoms. The van der Waals surface area contributed by atoms with E-state index in [1.54, 1.807) is 37.8 Å². The molecule has 122 valence electrons. The molecule has 0 N–H and O–H groups in total.